The average Bonchev–Trinajstić information content (AvgIpc) is 2.56. The maximum absolute atomic E-state index is 12.0. The molecule has 3 nitrogen and oxygen atoms in total. The number of hydrogen-bond acceptors (Lipinski definition) is 2. The lowest BCUT2D eigenvalue weighted by atomic mass is 9.94. The number of nitrogens with zero attached hydrogens (tertiary/aromatic N) is 1. The summed E-state index contributed by atoms with van der Waals surface area (Å²) in [4.78, 5) is 25.4. The molecule has 1 heterocycles. The molecular formula is C13H19NO2. The van der Waals surface area contributed by atoms with E-state index < -0.39 is 0 Å². The van der Waals surface area contributed by atoms with Gasteiger partial charge in [0.1, 0.15) is 0 Å². The lowest BCUT2D eigenvalue weighted by molar-refractivity contribution is -0.141. The zero-order valence-electron chi connectivity index (χ0n) is 9.87. The van der Waals surface area contributed by atoms with E-state index >= 15 is 0 Å². The minimum atomic E-state index is -0.0289. The average molecular weight is 221 g/mol. The third-order valence-corrected chi connectivity index (χ3v) is 3.49. The van der Waals surface area contributed by atoms with E-state index in [9.17, 15) is 9.59 Å². The van der Waals surface area contributed by atoms with Crippen LogP contribution < -0.4 is 0 Å². The van der Waals surface area contributed by atoms with Crippen molar-refractivity contribution in [3.05, 3.63) is 11.6 Å². The lowest BCUT2D eigenvalue weighted by Gasteiger charge is -2.29. The van der Waals surface area contributed by atoms with Crippen molar-refractivity contribution in [3.63, 3.8) is 0 Å². The van der Waals surface area contributed by atoms with Crippen LogP contribution in [-0.2, 0) is 9.59 Å². The van der Waals surface area contributed by atoms with Crippen molar-refractivity contribution in [1.82, 2.24) is 4.90 Å². The van der Waals surface area contributed by atoms with Crippen LogP contribution >= 0.6 is 0 Å². The Morgan fingerprint density at radius 1 is 1.25 bits per heavy atom. The summed E-state index contributed by atoms with van der Waals surface area (Å²) in [6.45, 7) is 1.99. The highest BCUT2D eigenvalue weighted by atomic mass is 16.2. The molecule has 3 heteroatoms. The predicted octanol–water partition coefficient (Wildman–Crippen LogP) is 2.41. The van der Waals surface area contributed by atoms with E-state index in [0.29, 0.717) is 12.0 Å². The van der Waals surface area contributed by atoms with Crippen molar-refractivity contribution in [2.45, 2.75) is 57.9 Å². The Hall–Kier alpha value is -1.12. The van der Waals surface area contributed by atoms with Gasteiger partial charge in [-0.3, -0.25) is 14.5 Å². The molecule has 0 radical (unpaired) electrons. The van der Waals surface area contributed by atoms with Gasteiger partial charge in [0, 0.05) is 11.6 Å². The highest BCUT2D eigenvalue weighted by Gasteiger charge is 2.38. The molecule has 2 amide bonds. The van der Waals surface area contributed by atoms with E-state index in [1.165, 1.54) is 11.3 Å². The summed E-state index contributed by atoms with van der Waals surface area (Å²) < 4.78 is 0. The summed E-state index contributed by atoms with van der Waals surface area (Å²) in [7, 11) is 0. The SMILES string of the molecule is CCC=C1CC(=O)N(C2CCCCC2)C1=O. The number of likely N-dealkylation sites (tertiary alicyclic amines) is 1. The fourth-order valence-electron chi connectivity index (χ4n) is 2.71. The number of rotatable bonds is 2. The number of amides is 2. The smallest absolute Gasteiger partial charge is 0.256 e. The highest BCUT2D eigenvalue weighted by molar-refractivity contribution is 6.13. The van der Waals surface area contributed by atoms with Gasteiger partial charge in [0.15, 0.2) is 0 Å². The van der Waals surface area contributed by atoms with Crippen molar-refractivity contribution in [2.24, 2.45) is 0 Å². The maximum Gasteiger partial charge on any atom is 0.256 e. The predicted molar refractivity (Wildman–Crippen MR) is 61.7 cm³/mol. The molecule has 1 aliphatic carbocycles. The molecule has 0 spiro atoms. The van der Waals surface area contributed by atoms with E-state index in [4.69, 9.17) is 0 Å². The Kier molecular flexibility index (Phi) is 3.42. The first-order valence-electron chi connectivity index (χ1n) is 6.29. The van der Waals surface area contributed by atoms with Gasteiger partial charge < -0.3 is 0 Å². The molecule has 88 valence electrons. The number of carbonyl (C=O) groups excluding carboxylic acids is 2. The fraction of sp³-hybridized carbons (Fsp3) is 0.692. The molecule has 0 aromatic carbocycles. The molecule has 0 aromatic heterocycles. The molecule has 1 saturated carbocycles. The Labute approximate surface area is 96.5 Å². The topological polar surface area (TPSA) is 37.4 Å². The van der Waals surface area contributed by atoms with Crippen molar-refractivity contribution >= 4 is 11.8 Å². The second-order valence-corrected chi connectivity index (χ2v) is 4.68. The molecule has 2 aliphatic rings. The second-order valence-electron chi connectivity index (χ2n) is 4.68. The molecule has 16 heavy (non-hydrogen) atoms. The largest absolute Gasteiger partial charge is 0.275 e. The molecular weight excluding hydrogens is 202 g/mol. The lowest BCUT2D eigenvalue weighted by Crippen LogP contribution is -2.40. The van der Waals surface area contributed by atoms with Gasteiger partial charge in [-0.2, -0.15) is 0 Å². The van der Waals surface area contributed by atoms with E-state index in [2.05, 4.69) is 0 Å². The quantitative estimate of drug-likeness (QED) is 0.530. The van der Waals surface area contributed by atoms with Crippen LogP contribution in [0.4, 0.5) is 0 Å². The van der Waals surface area contributed by atoms with Crippen molar-refractivity contribution in [2.75, 3.05) is 0 Å². The monoisotopic (exact) mass is 221 g/mol. The Balaban J connectivity index is 2.12. The maximum atomic E-state index is 12.0. The van der Waals surface area contributed by atoms with Gasteiger partial charge in [-0.15, -0.1) is 0 Å². The van der Waals surface area contributed by atoms with Crippen LogP contribution in [0.3, 0.4) is 0 Å². The Bertz CT molecular complexity index is 327. The van der Waals surface area contributed by atoms with Gasteiger partial charge in [-0.1, -0.05) is 32.3 Å². The molecule has 0 N–H and O–H groups in total. The van der Waals surface area contributed by atoms with Gasteiger partial charge in [0.2, 0.25) is 5.91 Å². The Morgan fingerprint density at radius 2 is 1.94 bits per heavy atom. The number of allylic oxidation sites excluding steroid dienone is 1. The first-order chi connectivity index (χ1) is 7.74. The van der Waals surface area contributed by atoms with Crippen molar-refractivity contribution in [3.8, 4) is 0 Å². The summed E-state index contributed by atoms with van der Waals surface area (Å²) in [6.07, 6.45) is 8.57. The normalized spacial score (nSPS) is 25.8. The van der Waals surface area contributed by atoms with Crippen LogP contribution in [0.15, 0.2) is 11.6 Å². The third kappa shape index (κ3) is 2.04. The van der Waals surface area contributed by atoms with Crippen LogP contribution in [0, 0.1) is 0 Å². The zero-order valence-corrected chi connectivity index (χ0v) is 9.87. The molecule has 0 atom stereocenters. The van der Waals surface area contributed by atoms with Crippen LogP contribution in [0.5, 0.6) is 0 Å². The van der Waals surface area contributed by atoms with Crippen molar-refractivity contribution < 1.29 is 9.59 Å². The van der Waals surface area contributed by atoms with Crippen LogP contribution in [-0.4, -0.2) is 22.8 Å². The molecule has 2 fully saturated rings. The third-order valence-electron chi connectivity index (χ3n) is 3.49. The van der Waals surface area contributed by atoms with Gasteiger partial charge >= 0.3 is 0 Å². The molecule has 0 bridgehead atoms. The molecule has 0 aromatic rings. The number of hydrogen-bond donors (Lipinski definition) is 0. The highest BCUT2D eigenvalue weighted by Crippen LogP contribution is 2.29. The summed E-state index contributed by atoms with van der Waals surface area (Å²) in [5, 5.41) is 0. The molecule has 2 rings (SSSR count). The molecule has 1 aliphatic heterocycles. The standard InChI is InChI=1S/C13H19NO2/c1-2-6-10-9-12(15)14(13(10)16)11-7-4-3-5-8-11/h6,11H,2-5,7-9H2,1H3. The summed E-state index contributed by atoms with van der Waals surface area (Å²) in [5.74, 6) is -0.0182. The molecule has 1 saturated heterocycles. The number of carbonyl (C=O) groups is 2. The summed E-state index contributed by atoms with van der Waals surface area (Å²) in [6, 6.07) is 0.177. The first-order valence-corrected chi connectivity index (χ1v) is 6.29. The zero-order chi connectivity index (χ0) is 11.5. The minimum absolute atomic E-state index is 0.0107. The van der Waals surface area contributed by atoms with Crippen LogP contribution in [0.1, 0.15) is 51.9 Å². The minimum Gasteiger partial charge on any atom is -0.275 e. The first kappa shape index (κ1) is 11.4. The molecule has 0 unspecified atom stereocenters. The van der Waals surface area contributed by atoms with Crippen LogP contribution in [0.25, 0.3) is 0 Å². The van der Waals surface area contributed by atoms with Gasteiger partial charge in [0.05, 0.1) is 6.42 Å². The second kappa shape index (κ2) is 4.81. The van der Waals surface area contributed by atoms with E-state index in [1.807, 2.05) is 13.0 Å². The number of imide groups is 1. The van der Waals surface area contributed by atoms with E-state index in [-0.39, 0.29) is 17.9 Å². The van der Waals surface area contributed by atoms with Crippen molar-refractivity contribution in [1.29, 1.82) is 0 Å². The summed E-state index contributed by atoms with van der Waals surface area (Å²) in [5.41, 5.74) is 0.707. The fourth-order valence-corrected chi connectivity index (χ4v) is 2.71. The van der Waals surface area contributed by atoms with Gasteiger partial charge in [-0.05, 0) is 19.3 Å². The van der Waals surface area contributed by atoms with Gasteiger partial charge in [0.25, 0.3) is 5.91 Å². The van der Waals surface area contributed by atoms with Gasteiger partial charge in [-0.25, -0.2) is 0 Å². The Morgan fingerprint density at radius 3 is 2.56 bits per heavy atom. The van der Waals surface area contributed by atoms with E-state index in [0.717, 1.165) is 32.1 Å². The summed E-state index contributed by atoms with van der Waals surface area (Å²) >= 11 is 0. The van der Waals surface area contributed by atoms with Crippen LogP contribution in [0.2, 0.25) is 0 Å². The van der Waals surface area contributed by atoms with E-state index in [1.54, 1.807) is 0 Å².